The standard InChI is InChI=1S/C16H15FIN5O/c17-16-21-14(19-8-10-4-1-2-5-11(10)18)13-15(22-16)23(9-20-13)12-6-3-7-24-12/h1-2,4-5,9,12H,3,6-8H2,(H,19,21,22). The van der Waals surface area contributed by atoms with Crippen LogP contribution in [0, 0.1) is 9.65 Å². The molecule has 1 fully saturated rings. The molecule has 1 atom stereocenters. The first-order valence-corrected chi connectivity index (χ1v) is 8.79. The van der Waals surface area contributed by atoms with E-state index < -0.39 is 6.08 Å². The minimum Gasteiger partial charge on any atom is -0.364 e. The van der Waals surface area contributed by atoms with Crippen molar-refractivity contribution in [3.8, 4) is 0 Å². The van der Waals surface area contributed by atoms with Crippen molar-refractivity contribution in [2.75, 3.05) is 11.9 Å². The van der Waals surface area contributed by atoms with Gasteiger partial charge in [0.2, 0.25) is 0 Å². The van der Waals surface area contributed by atoms with Crippen LogP contribution < -0.4 is 5.32 Å². The van der Waals surface area contributed by atoms with Crippen LogP contribution in [0.1, 0.15) is 24.6 Å². The number of rotatable bonds is 4. The molecule has 0 bridgehead atoms. The van der Waals surface area contributed by atoms with E-state index in [2.05, 4.69) is 42.9 Å². The molecule has 3 aromatic rings. The number of nitrogens with zero attached hydrogens (tertiary/aromatic N) is 4. The van der Waals surface area contributed by atoms with E-state index in [1.54, 1.807) is 10.9 Å². The van der Waals surface area contributed by atoms with Crippen molar-refractivity contribution in [1.29, 1.82) is 0 Å². The third kappa shape index (κ3) is 2.95. The van der Waals surface area contributed by atoms with Crippen LogP contribution in [0.2, 0.25) is 0 Å². The molecule has 0 spiro atoms. The highest BCUT2D eigenvalue weighted by atomic mass is 127. The van der Waals surface area contributed by atoms with Gasteiger partial charge in [-0.05, 0) is 47.1 Å². The number of benzene rings is 1. The van der Waals surface area contributed by atoms with Crippen LogP contribution in [0.5, 0.6) is 0 Å². The smallest absolute Gasteiger partial charge is 0.312 e. The van der Waals surface area contributed by atoms with Gasteiger partial charge in [-0.1, -0.05) is 18.2 Å². The highest BCUT2D eigenvalue weighted by Gasteiger charge is 2.22. The second-order valence-corrected chi connectivity index (χ2v) is 6.74. The van der Waals surface area contributed by atoms with Crippen molar-refractivity contribution >= 4 is 39.6 Å². The summed E-state index contributed by atoms with van der Waals surface area (Å²) in [5, 5.41) is 3.18. The topological polar surface area (TPSA) is 64.9 Å². The monoisotopic (exact) mass is 439 g/mol. The molecule has 6 nitrogen and oxygen atoms in total. The normalized spacial score (nSPS) is 17.5. The van der Waals surface area contributed by atoms with Gasteiger partial charge >= 0.3 is 6.08 Å². The van der Waals surface area contributed by atoms with E-state index in [1.807, 2.05) is 24.3 Å². The van der Waals surface area contributed by atoms with Crippen molar-refractivity contribution in [3.05, 3.63) is 45.8 Å². The van der Waals surface area contributed by atoms with Crippen LogP contribution in [-0.4, -0.2) is 26.1 Å². The number of aromatic nitrogens is 4. The first-order chi connectivity index (χ1) is 11.7. The first-order valence-electron chi connectivity index (χ1n) is 7.71. The van der Waals surface area contributed by atoms with Gasteiger partial charge in [0.05, 0.1) is 6.33 Å². The minimum absolute atomic E-state index is 0.132. The summed E-state index contributed by atoms with van der Waals surface area (Å²) in [6, 6.07) is 8.01. The third-order valence-electron chi connectivity index (χ3n) is 4.01. The second kappa shape index (κ2) is 6.60. The van der Waals surface area contributed by atoms with E-state index in [0.717, 1.165) is 22.0 Å². The molecular formula is C16H15FIN5O. The predicted molar refractivity (Wildman–Crippen MR) is 96.0 cm³/mol. The molecule has 124 valence electrons. The van der Waals surface area contributed by atoms with Crippen LogP contribution in [0.15, 0.2) is 30.6 Å². The quantitative estimate of drug-likeness (QED) is 0.498. The SMILES string of the molecule is Fc1nc(NCc2ccccc2I)c2ncn(C3CCCO3)c2n1. The summed E-state index contributed by atoms with van der Waals surface area (Å²) in [6.07, 6.45) is 2.60. The summed E-state index contributed by atoms with van der Waals surface area (Å²) >= 11 is 2.27. The lowest BCUT2D eigenvalue weighted by molar-refractivity contribution is 0.0592. The average Bonchev–Trinajstić information content (AvgIpc) is 3.22. The van der Waals surface area contributed by atoms with Gasteiger partial charge in [-0.3, -0.25) is 4.57 Å². The Bertz CT molecular complexity index is 878. The van der Waals surface area contributed by atoms with Gasteiger partial charge in [0.1, 0.15) is 6.23 Å². The van der Waals surface area contributed by atoms with Gasteiger partial charge in [0.25, 0.3) is 0 Å². The molecule has 1 aliphatic heterocycles. The number of fused-ring (bicyclic) bond motifs is 1. The van der Waals surface area contributed by atoms with Gasteiger partial charge in [-0.25, -0.2) is 4.98 Å². The summed E-state index contributed by atoms with van der Waals surface area (Å²) in [7, 11) is 0. The second-order valence-electron chi connectivity index (χ2n) is 5.58. The number of imidazole rings is 1. The molecule has 0 radical (unpaired) electrons. The Hall–Kier alpha value is -1.81. The van der Waals surface area contributed by atoms with Gasteiger partial charge in [0.15, 0.2) is 17.0 Å². The number of nitrogens with one attached hydrogen (secondary N) is 1. The first kappa shape index (κ1) is 15.7. The number of hydrogen-bond donors (Lipinski definition) is 1. The van der Waals surface area contributed by atoms with Crippen molar-refractivity contribution in [1.82, 2.24) is 19.5 Å². The van der Waals surface area contributed by atoms with Gasteiger partial charge < -0.3 is 10.1 Å². The van der Waals surface area contributed by atoms with Gasteiger partial charge in [-0.2, -0.15) is 14.4 Å². The summed E-state index contributed by atoms with van der Waals surface area (Å²) in [4.78, 5) is 12.2. The van der Waals surface area contributed by atoms with E-state index in [1.165, 1.54) is 0 Å². The molecule has 1 unspecified atom stereocenters. The molecule has 24 heavy (non-hydrogen) atoms. The fourth-order valence-corrected chi connectivity index (χ4v) is 3.40. The molecule has 0 saturated carbocycles. The lowest BCUT2D eigenvalue weighted by Gasteiger charge is -2.12. The molecule has 0 aliphatic carbocycles. The molecule has 1 aliphatic rings. The Labute approximate surface area is 151 Å². The maximum Gasteiger partial charge on any atom is 0.312 e. The minimum atomic E-state index is -0.771. The number of ether oxygens (including phenoxy) is 1. The summed E-state index contributed by atoms with van der Waals surface area (Å²) in [5.41, 5.74) is 2.13. The average molecular weight is 439 g/mol. The molecule has 8 heteroatoms. The summed E-state index contributed by atoms with van der Waals surface area (Å²) in [6.45, 7) is 1.24. The van der Waals surface area contributed by atoms with Crippen LogP contribution in [0.4, 0.5) is 10.2 Å². The molecule has 1 aromatic carbocycles. The Morgan fingerprint density at radius 1 is 1.33 bits per heavy atom. The van der Waals surface area contributed by atoms with E-state index in [9.17, 15) is 4.39 Å². The fourth-order valence-electron chi connectivity index (χ4n) is 2.82. The van der Waals surface area contributed by atoms with Crippen LogP contribution >= 0.6 is 22.6 Å². The molecule has 4 rings (SSSR count). The molecule has 2 aromatic heterocycles. The number of halogens is 2. The molecule has 0 amide bonds. The number of anilines is 1. The van der Waals surface area contributed by atoms with Gasteiger partial charge in [-0.15, -0.1) is 0 Å². The van der Waals surface area contributed by atoms with E-state index in [-0.39, 0.29) is 6.23 Å². The van der Waals surface area contributed by atoms with Crippen molar-refractivity contribution in [3.63, 3.8) is 0 Å². The molecule has 3 heterocycles. The molecule has 1 saturated heterocycles. The van der Waals surface area contributed by atoms with E-state index in [4.69, 9.17) is 4.74 Å². The summed E-state index contributed by atoms with van der Waals surface area (Å²) < 4.78 is 22.5. The zero-order valence-electron chi connectivity index (χ0n) is 12.7. The Balaban J connectivity index is 1.66. The fraction of sp³-hybridized carbons (Fsp3) is 0.312. The molecule has 1 N–H and O–H groups in total. The van der Waals surface area contributed by atoms with Crippen LogP contribution in [0.25, 0.3) is 11.2 Å². The largest absolute Gasteiger partial charge is 0.364 e. The molecular weight excluding hydrogens is 424 g/mol. The van der Waals surface area contributed by atoms with Crippen LogP contribution in [-0.2, 0) is 11.3 Å². The Morgan fingerprint density at radius 2 is 2.21 bits per heavy atom. The van der Waals surface area contributed by atoms with E-state index >= 15 is 0 Å². The van der Waals surface area contributed by atoms with E-state index in [0.29, 0.717) is 30.1 Å². The van der Waals surface area contributed by atoms with Crippen molar-refractivity contribution < 1.29 is 9.13 Å². The predicted octanol–water partition coefficient (Wildman–Crippen LogP) is 3.49. The van der Waals surface area contributed by atoms with Crippen molar-refractivity contribution in [2.24, 2.45) is 0 Å². The highest BCUT2D eigenvalue weighted by Crippen LogP contribution is 2.28. The maximum absolute atomic E-state index is 13.9. The third-order valence-corrected chi connectivity index (χ3v) is 5.07. The highest BCUT2D eigenvalue weighted by molar-refractivity contribution is 14.1. The Kier molecular flexibility index (Phi) is 4.31. The summed E-state index contributed by atoms with van der Waals surface area (Å²) in [5.74, 6) is 0.397. The maximum atomic E-state index is 13.9. The van der Waals surface area contributed by atoms with Crippen molar-refractivity contribution in [2.45, 2.75) is 25.6 Å². The van der Waals surface area contributed by atoms with Crippen LogP contribution in [0.3, 0.4) is 0 Å². The zero-order valence-corrected chi connectivity index (χ0v) is 14.9. The zero-order chi connectivity index (χ0) is 16.5. The lowest BCUT2D eigenvalue weighted by Crippen LogP contribution is -2.09. The number of hydrogen-bond acceptors (Lipinski definition) is 5. The lowest BCUT2D eigenvalue weighted by atomic mass is 10.2. The Morgan fingerprint density at radius 3 is 3.00 bits per heavy atom. The van der Waals surface area contributed by atoms with Gasteiger partial charge in [0, 0.05) is 16.7 Å².